The largest absolute Gasteiger partial charge is 0.481 e. The average molecular weight is 379 g/mol. The van der Waals surface area contributed by atoms with E-state index in [0.717, 1.165) is 40.0 Å². The zero-order valence-corrected chi connectivity index (χ0v) is 16.3. The van der Waals surface area contributed by atoms with Gasteiger partial charge in [0.15, 0.2) is 0 Å². The van der Waals surface area contributed by atoms with E-state index in [9.17, 15) is 9.90 Å². The summed E-state index contributed by atoms with van der Waals surface area (Å²) in [5.41, 5.74) is 7.14. The van der Waals surface area contributed by atoms with Crippen LogP contribution in [0, 0.1) is 0 Å². The number of carbonyl (C=O) groups is 1. The summed E-state index contributed by atoms with van der Waals surface area (Å²) >= 11 is 0. The number of aromatic nitrogens is 3. The van der Waals surface area contributed by atoms with E-state index >= 15 is 0 Å². The molecule has 146 valence electrons. The Morgan fingerprint density at radius 2 is 2.14 bits per heavy atom. The van der Waals surface area contributed by atoms with Gasteiger partial charge in [-0.15, -0.1) is 0 Å². The van der Waals surface area contributed by atoms with E-state index in [-0.39, 0.29) is 6.42 Å². The van der Waals surface area contributed by atoms with Crippen LogP contribution in [-0.4, -0.2) is 32.8 Å². The van der Waals surface area contributed by atoms with Crippen LogP contribution in [0.2, 0.25) is 0 Å². The van der Waals surface area contributed by atoms with Crippen LogP contribution >= 0.6 is 0 Å². The zero-order chi connectivity index (χ0) is 19.7. The molecule has 0 atom stereocenters. The second-order valence-electron chi connectivity index (χ2n) is 7.38. The minimum atomic E-state index is -0.816. The quantitative estimate of drug-likeness (QED) is 0.640. The molecular formula is C22H25N3O3. The van der Waals surface area contributed by atoms with Gasteiger partial charge in [0.1, 0.15) is 0 Å². The van der Waals surface area contributed by atoms with Crippen LogP contribution in [0.4, 0.5) is 0 Å². The van der Waals surface area contributed by atoms with Gasteiger partial charge in [0.05, 0.1) is 17.8 Å². The minimum Gasteiger partial charge on any atom is -0.481 e. The van der Waals surface area contributed by atoms with E-state index in [0.29, 0.717) is 18.9 Å². The molecule has 0 spiro atoms. The summed E-state index contributed by atoms with van der Waals surface area (Å²) < 4.78 is 7.37. The van der Waals surface area contributed by atoms with E-state index in [1.165, 1.54) is 18.4 Å². The van der Waals surface area contributed by atoms with Gasteiger partial charge in [0, 0.05) is 42.7 Å². The third kappa shape index (κ3) is 3.52. The van der Waals surface area contributed by atoms with Crippen molar-refractivity contribution in [3.8, 4) is 11.1 Å². The Balaban J connectivity index is 1.96. The van der Waals surface area contributed by atoms with E-state index in [4.69, 9.17) is 9.84 Å². The highest BCUT2D eigenvalue weighted by Crippen LogP contribution is 2.41. The van der Waals surface area contributed by atoms with E-state index in [1.54, 1.807) is 7.11 Å². The molecule has 1 fully saturated rings. The first kappa shape index (κ1) is 18.6. The first-order valence-electron chi connectivity index (χ1n) is 9.80. The molecule has 6 nitrogen and oxygen atoms in total. The minimum absolute atomic E-state index is 0.0542. The van der Waals surface area contributed by atoms with Crippen molar-refractivity contribution in [2.75, 3.05) is 7.11 Å². The van der Waals surface area contributed by atoms with Gasteiger partial charge in [-0.3, -0.25) is 9.78 Å². The second-order valence-corrected chi connectivity index (χ2v) is 7.38. The molecule has 3 aromatic rings. The molecule has 4 rings (SSSR count). The van der Waals surface area contributed by atoms with Gasteiger partial charge in [-0.05, 0) is 60.9 Å². The molecule has 0 amide bonds. The van der Waals surface area contributed by atoms with Gasteiger partial charge in [0.25, 0.3) is 0 Å². The van der Waals surface area contributed by atoms with Crippen LogP contribution in [0.5, 0.6) is 0 Å². The molecule has 0 aromatic carbocycles. The molecule has 0 unspecified atom stereocenters. The molecule has 1 N–H and O–H groups in total. The maximum Gasteiger partial charge on any atom is 0.303 e. The Morgan fingerprint density at radius 3 is 2.82 bits per heavy atom. The topological polar surface area (TPSA) is 76.7 Å². The number of carboxylic acid groups (broad SMARTS) is 1. The first-order chi connectivity index (χ1) is 13.6. The number of rotatable bonds is 8. The first-order valence-corrected chi connectivity index (χ1v) is 9.80. The fourth-order valence-electron chi connectivity index (χ4n) is 3.84. The lowest BCUT2D eigenvalue weighted by Gasteiger charge is -2.17. The Morgan fingerprint density at radius 1 is 1.32 bits per heavy atom. The van der Waals surface area contributed by atoms with Gasteiger partial charge in [0.2, 0.25) is 0 Å². The van der Waals surface area contributed by atoms with E-state index < -0.39 is 5.97 Å². The third-order valence-electron chi connectivity index (χ3n) is 5.39. The molecule has 3 aromatic heterocycles. The number of hydrogen-bond donors (Lipinski definition) is 1. The van der Waals surface area contributed by atoms with Crippen molar-refractivity contribution in [3.63, 3.8) is 0 Å². The van der Waals surface area contributed by atoms with Crippen molar-refractivity contribution in [1.29, 1.82) is 0 Å². The fourth-order valence-corrected chi connectivity index (χ4v) is 3.84. The van der Waals surface area contributed by atoms with Crippen molar-refractivity contribution in [3.05, 3.63) is 53.1 Å². The van der Waals surface area contributed by atoms with Crippen LogP contribution < -0.4 is 0 Å². The lowest BCUT2D eigenvalue weighted by atomic mass is 9.95. The standard InChI is InChI=1S/C22H25N3O3/c1-3-17-6-8-20-22(16-10-15(11-23-12-16)14-4-5-14)18(7-9-21(26)27)19(13-28-2)24-25(17)20/h6,8,10-12,14H,3-5,7,9,13H2,1-2H3,(H,26,27). The van der Waals surface area contributed by atoms with Crippen molar-refractivity contribution in [1.82, 2.24) is 14.6 Å². The van der Waals surface area contributed by atoms with Gasteiger partial charge in [-0.2, -0.15) is 5.10 Å². The van der Waals surface area contributed by atoms with E-state index in [1.807, 2.05) is 16.9 Å². The summed E-state index contributed by atoms with van der Waals surface area (Å²) in [5, 5.41) is 14.1. The predicted octanol–water partition coefficient (Wildman–Crippen LogP) is 4.00. The molecule has 28 heavy (non-hydrogen) atoms. The van der Waals surface area contributed by atoms with Gasteiger partial charge < -0.3 is 9.84 Å². The highest BCUT2D eigenvalue weighted by molar-refractivity contribution is 5.84. The van der Waals surface area contributed by atoms with E-state index in [2.05, 4.69) is 30.1 Å². The maximum atomic E-state index is 11.3. The third-order valence-corrected chi connectivity index (χ3v) is 5.39. The summed E-state index contributed by atoms with van der Waals surface area (Å²) in [6.45, 7) is 2.45. The smallest absolute Gasteiger partial charge is 0.303 e. The summed E-state index contributed by atoms with van der Waals surface area (Å²) in [7, 11) is 1.64. The lowest BCUT2D eigenvalue weighted by Crippen LogP contribution is -2.11. The lowest BCUT2D eigenvalue weighted by molar-refractivity contribution is -0.136. The number of aryl methyl sites for hydroxylation is 1. The Labute approximate surface area is 164 Å². The van der Waals surface area contributed by atoms with Crippen molar-refractivity contribution in [2.24, 2.45) is 0 Å². The van der Waals surface area contributed by atoms with Gasteiger partial charge >= 0.3 is 5.97 Å². The fraction of sp³-hybridized carbons (Fsp3) is 0.409. The van der Waals surface area contributed by atoms with Crippen molar-refractivity contribution in [2.45, 2.75) is 51.6 Å². The Bertz CT molecular complexity index is 1020. The molecule has 3 heterocycles. The number of fused-ring (bicyclic) bond motifs is 1. The molecule has 0 aliphatic heterocycles. The highest BCUT2D eigenvalue weighted by Gasteiger charge is 2.25. The van der Waals surface area contributed by atoms with Crippen LogP contribution in [-0.2, 0) is 29.0 Å². The molecule has 1 aliphatic carbocycles. The average Bonchev–Trinajstić information content (AvgIpc) is 3.46. The molecular weight excluding hydrogens is 354 g/mol. The number of aliphatic carboxylic acids is 1. The summed E-state index contributed by atoms with van der Waals surface area (Å²) in [4.78, 5) is 15.8. The Kier molecular flexibility index (Phi) is 5.13. The molecule has 1 saturated carbocycles. The summed E-state index contributed by atoms with van der Waals surface area (Å²) in [6.07, 6.45) is 7.57. The van der Waals surface area contributed by atoms with Crippen molar-refractivity contribution < 1.29 is 14.6 Å². The Hall–Kier alpha value is -2.73. The molecule has 1 aliphatic rings. The van der Waals surface area contributed by atoms with Crippen molar-refractivity contribution >= 4 is 11.5 Å². The summed E-state index contributed by atoms with van der Waals surface area (Å²) in [5.74, 6) is -0.215. The molecule has 0 radical (unpaired) electrons. The number of ether oxygens (including phenoxy) is 1. The van der Waals surface area contributed by atoms with Crippen LogP contribution in [0.1, 0.15) is 54.6 Å². The SMILES string of the molecule is CCc1ccc2c(-c3cncc(C4CC4)c3)c(CCC(=O)O)c(COC)nn12. The maximum absolute atomic E-state index is 11.3. The van der Waals surface area contributed by atoms with Crippen LogP contribution in [0.25, 0.3) is 16.6 Å². The number of nitrogens with zero attached hydrogens (tertiary/aromatic N) is 3. The zero-order valence-electron chi connectivity index (χ0n) is 16.3. The molecule has 6 heteroatoms. The van der Waals surface area contributed by atoms with Gasteiger partial charge in [-0.25, -0.2) is 4.52 Å². The normalized spacial score (nSPS) is 13.9. The summed E-state index contributed by atoms with van der Waals surface area (Å²) in [6, 6.07) is 6.37. The van der Waals surface area contributed by atoms with Crippen LogP contribution in [0.15, 0.2) is 30.6 Å². The number of pyridine rings is 1. The number of methoxy groups -OCH3 is 1. The number of hydrogen-bond acceptors (Lipinski definition) is 4. The predicted molar refractivity (Wildman–Crippen MR) is 106 cm³/mol. The second kappa shape index (κ2) is 7.72. The van der Waals surface area contributed by atoms with Crippen LogP contribution in [0.3, 0.4) is 0 Å². The monoisotopic (exact) mass is 379 g/mol. The number of carboxylic acids is 1. The molecule has 0 bridgehead atoms. The molecule has 0 saturated heterocycles. The highest BCUT2D eigenvalue weighted by atomic mass is 16.5. The van der Waals surface area contributed by atoms with Gasteiger partial charge in [-0.1, -0.05) is 6.92 Å².